The lowest BCUT2D eigenvalue weighted by Gasteiger charge is -2.10. The summed E-state index contributed by atoms with van der Waals surface area (Å²) in [7, 11) is 0. The Bertz CT molecular complexity index is 807. The predicted octanol–water partition coefficient (Wildman–Crippen LogP) is 2.90. The Morgan fingerprint density at radius 3 is 2.13 bits per heavy atom. The number of hydrogen-bond acceptors (Lipinski definition) is 4. The number of imide groups is 1. The zero-order valence-corrected chi connectivity index (χ0v) is 12.0. The van der Waals surface area contributed by atoms with Gasteiger partial charge in [-0.25, -0.2) is 0 Å². The molecule has 6 nitrogen and oxygen atoms in total. The first-order valence-corrected chi connectivity index (χ1v) is 6.95. The Morgan fingerprint density at radius 2 is 1.52 bits per heavy atom. The molecule has 0 spiro atoms. The van der Waals surface area contributed by atoms with Crippen LogP contribution in [-0.2, 0) is 0 Å². The molecule has 0 saturated carbocycles. The van der Waals surface area contributed by atoms with Crippen LogP contribution in [-0.4, -0.2) is 28.2 Å². The zero-order chi connectivity index (χ0) is 16.4. The van der Waals surface area contributed by atoms with Crippen LogP contribution in [0.2, 0.25) is 0 Å². The van der Waals surface area contributed by atoms with E-state index in [1.54, 1.807) is 54.6 Å². The fourth-order valence-electron chi connectivity index (χ4n) is 2.48. The number of hydrogen-bond donors (Lipinski definition) is 0. The third-order valence-corrected chi connectivity index (χ3v) is 3.60. The average molecular weight is 308 g/mol. The van der Waals surface area contributed by atoms with Gasteiger partial charge in [0.25, 0.3) is 17.5 Å². The van der Waals surface area contributed by atoms with Crippen molar-refractivity contribution in [3.63, 3.8) is 0 Å². The van der Waals surface area contributed by atoms with Crippen molar-refractivity contribution < 1.29 is 14.5 Å². The van der Waals surface area contributed by atoms with Crippen LogP contribution in [0.1, 0.15) is 26.3 Å². The molecule has 0 atom stereocenters. The van der Waals surface area contributed by atoms with Crippen LogP contribution in [0.4, 0.5) is 5.69 Å². The highest BCUT2D eigenvalue weighted by atomic mass is 16.6. The third-order valence-electron chi connectivity index (χ3n) is 3.60. The summed E-state index contributed by atoms with van der Waals surface area (Å²) < 4.78 is 0. The van der Waals surface area contributed by atoms with Crippen LogP contribution in [0, 0.1) is 10.1 Å². The van der Waals surface area contributed by atoms with Gasteiger partial charge in [-0.3, -0.25) is 24.6 Å². The second kappa shape index (κ2) is 5.84. The Labute approximate surface area is 131 Å². The van der Waals surface area contributed by atoms with Crippen LogP contribution < -0.4 is 0 Å². The van der Waals surface area contributed by atoms with Gasteiger partial charge in [-0.15, -0.1) is 0 Å². The maximum atomic E-state index is 12.2. The fourth-order valence-corrected chi connectivity index (χ4v) is 2.48. The second-order valence-corrected chi connectivity index (χ2v) is 4.98. The number of para-hydroxylation sites is 1. The number of amides is 2. The second-order valence-electron chi connectivity index (χ2n) is 4.98. The Kier molecular flexibility index (Phi) is 3.72. The summed E-state index contributed by atoms with van der Waals surface area (Å²) in [5, 5.41) is 10.9. The molecule has 0 aromatic heterocycles. The normalized spacial score (nSPS) is 13.7. The average Bonchev–Trinajstić information content (AvgIpc) is 2.80. The van der Waals surface area contributed by atoms with Gasteiger partial charge >= 0.3 is 0 Å². The van der Waals surface area contributed by atoms with E-state index in [0.717, 1.165) is 4.90 Å². The van der Waals surface area contributed by atoms with Crippen LogP contribution in [0.3, 0.4) is 0 Å². The number of nitro benzene ring substituents is 1. The van der Waals surface area contributed by atoms with Crippen molar-refractivity contribution in [3.8, 4) is 0 Å². The van der Waals surface area contributed by atoms with E-state index in [0.29, 0.717) is 16.7 Å². The predicted molar refractivity (Wildman–Crippen MR) is 83.9 cm³/mol. The van der Waals surface area contributed by atoms with Crippen molar-refractivity contribution in [2.45, 2.75) is 0 Å². The first-order valence-electron chi connectivity index (χ1n) is 6.95. The molecule has 0 radical (unpaired) electrons. The van der Waals surface area contributed by atoms with Gasteiger partial charge in [-0.1, -0.05) is 36.4 Å². The van der Waals surface area contributed by atoms with Crippen molar-refractivity contribution in [3.05, 3.63) is 81.4 Å². The molecule has 1 aliphatic heterocycles. The Morgan fingerprint density at radius 1 is 0.957 bits per heavy atom. The van der Waals surface area contributed by atoms with E-state index >= 15 is 0 Å². The van der Waals surface area contributed by atoms with E-state index in [1.807, 2.05) is 0 Å². The summed E-state index contributed by atoms with van der Waals surface area (Å²) in [6, 6.07) is 12.9. The largest absolute Gasteiger partial charge is 0.276 e. The summed E-state index contributed by atoms with van der Waals surface area (Å²) in [5.41, 5.74) is 1.17. The van der Waals surface area contributed by atoms with Gasteiger partial charge in [0.1, 0.15) is 0 Å². The van der Waals surface area contributed by atoms with Crippen LogP contribution in [0.25, 0.3) is 6.08 Å². The van der Waals surface area contributed by atoms with Gasteiger partial charge in [0.2, 0.25) is 0 Å². The molecule has 1 aliphatic rings. The standard InChI is InChI=1S/C17H12N2O4/c20-16-13-8-2-3-9-14(13)17(21)18(16)11-5-7-12-6-1-4-10-15(12)19(22)23/h1-10H,11H2/b7-5+. The Balaban J connectivity index is 1.79. The quantitative estimate of drug-likeness (QED) is 0.494. The zero-order valence-electron chi connectivity index (χ0n) is 12.0. The highest BCUT2D eigenvalue weighted by molar-refractivity contribution is 6.21. The van der Waals surface area contributed by atoms with Crippen molar-refractivity contribution in [1.29, 1.82) is 0 Å². The molecule has 2 amide bonds. The summed E-state index contributed by atoms with van der Waals surface area (Å²) in [4.78, 5) is 36.0. The van der Waals surface area contributed by atoms with E-state index in [4.69, 9.17) is 0 Å². The molecule has 1 heterocycles. The number of nitrogens with zero attached hydrogens (tertiary/aromatic N) is 2. The SMILES string of the molecule is O=C1c2ccccc2C(=O)N1C/C=C/c1ccccc1[N+](=O)[O-]. The van der Waals surface area contributed by atoms with E-state index in [-0.39, 0.29) is 24.0 Å². The lowest BCUT2D eigenvalue weighted by atomic mass is 10.1. The molecule has 0 bridgehead atoms. The molecule has 0 N–H and O–H groups in total. The molecule has 0 fully saturated rings. The monoisotopic (exact) mass is 308 g/mol. The lowest BCUT2D eigenvalue weighted by molar-refractivity contribution is -0.385. The van der Waals surface area contributed by atoms with Crippen LogP contribution in [0.15, 0.2) is 54.6 Å². The lowest BCUT2D eigenvalue weighted by Crippen LogP contribution is -2.29. The molecule has 114 valence electrons. The maximum Gasteiger partial charge on any atom is 0.276 e. The topological polar surface area (TPSA) is 80.5 Å². The van der Waals surface area contributed by atoms with E-state index in [9.17, 15) is 19.7 Å². The maximum absolute atomic E-state index is 12.2. The molecule has 0 aliphatic carbocycles. The van der Waals surface area contributed by atoms with Crippen molar-refractivity contribution in [2.75, 3.05) is 6.54 Å². The van der Waals surface area contributed by atoms with Gasteiger partial charge in [-0.2, -0.15) is 0 Å². The van der Waals surface area contributed by atoms with Crippen molar-refractivity contribution >= 4 is 23.6 Å². The Hall–Kier alpha value is -3.28. The van der Waals surface area contributed by atoms with Crippen molar-refractivity contribution in [2.24, 2.45) is 0 Å². The first-order chi connectivity index (χ1) is 11.1. The molecular weight excluding hydrogens is 296 g/mol. The molecule has 2 aromatic carbocycles. The minimum atomic E-state index is -0.471. The number of benzene rings is 2. The molecule has 3 rings (SSSR count). The van der Waals surface area contributed by atoms with Gasteiger partial charge in [0.05, 0.1) is 21.6 Å². The highest BCUT2D eigenvalue weighted by Crippen LogP contribution is 2.23. The minimum absolute atomic E-state index is 0.0221. The number of carbonyl (C=O) groups excluding carboxylic acids is 2. The van der Waals surface area contributed by atoms with Crippen molar-refractivity contribution in [1.82, 2.24) is 4.90 Å². The van der Waals surface area contributed by atoms with E-state index < -0.39 is 4.92 Å². The first kappa shape index (κ1) is 14.6. The molecule has 6 heteroatoms. The van der Waals surface area contributed by atoms with Crippen LogP contribution >= 0.6 is 0 Å². The molecular formula is C17H12N2O4. The third kappa shape index (κ3) is 2.62. The van der Waals surface area contributed by atoms with Crippen LogP contribution in [0.5, 0.6) is 0 Å². The van der Waals surface area contributed by atoms with E-state index in [1.165, 1.54) is 6.07 Å². The number of carbonyl (C=O) groups is 2. The number of nitro groups is 1. The molecule has 2 aromatic rings. The summed E-state index contributed by atoms with van der Waals surface area (Å²) in [5.74, 6) is -0.698. The van der Waals surface area contributed by atoms with Gasteiger partial charge in [-0.05, 0) is 18.2 Å². The van der Waals surface area contributed by atoms with Gasteiger partial charge in [0.15, 0.2) is 0 Å². The molecule has 0 unspecified atom stereocenters. The fraction of sp³-hybridized carbons (Fsp3) is 0.0588. The minimum Gasteiger partial charge on any atom is -0.270 e. The molecule has 0 saturated heterocycles. The summed E-state index contributed by atoms with van der Waals surface area (Å²) >= 11 is 0. The summed E-state index contributed by atoms with van der Waals surface area (Å²) in [6.45, 7) is 0.0679. The number of rotatable bonds is 4. The summed E-state index contributed by atoms with van der Waals surface area (Å²) in [6.07, 6.45) is 3.12. The van der Waals surface area contributed by atoms with Gasteiger partial charge in [0, 0.05) is 12.6 Å². The number of fused-ring (bicyclic) bond motifs is 1. The van der Waals surface area contributed by atoms with Gasteiger partial charge < -0.3 is 0 Å². The highest BCUT2D eigenvalue weighted by Gasteiger charge is 2.34. The smallest absolute Gasteiger partial charge is 0.270 e. The van der Waals surface area contributed by atoms with E-state index in [2.05, 4.69) is 0 Å². The molecule has 23 heavy (non-hydrogen) atoms.